The summed E-state index contributed by atoms with van der Waals surface area (Å²) in [5.41, 5.74) is 1.46. The first-order valence-corrected chi connectivity index (χ1v) is 5.02. The SMILES string of the molecule is CCCCCn1cccc1CC. The molecule has 0 fully saturated rings. The van der Waals surface area contributed by atoms with Gasteiger partial charge in [0, 0.05) is 18.4 Å². The Morgan fingerprint density at radius 3 is 2.75 bits per heavy atom. The van der Waals surface area contributed by atoms with Gasteiger partial charge in [0.25, 0.3) is 0 Å². The van der Waals surface area contributed by atoms with Crippen LogP contribution in [0.1, 0.15) is 38.8 Å². The molecule has 1 nitrogen and oxygen atoms in total. The predicted molar refractivity (Wildman–Crippen MR) is 53.3 cm³/mol. The van der Waals surface area contributed by atoms with E-state index in [-0.39, 0.29) is 0 Å². The van der Waals surface area contributed by atoms with Gasteiger partial charge >= 0.3 is 0 Å². The van der Waals surface area contributed by atoms with Gasteiger partial charge in [-0.2, -0.15) is 0 Å². The van der Waals surface area contributed by atoms with E-state index in [1.54, 1.807) is 0 Å². The molecule has 12 heavy (non-hydrogen) atoms. The molecule has 0 aliphatic rings. The standard InChI is InChI=1S/C11H19N/c1-3-5-6-9-12-10-7-8-11(12)4-2/h7-8,10H,3-6,9H2,1-2H3. The van der Waals surface area contributed by atoms with Crippen molar-refractivity contribution >= 4 is 0 Å². The first-order valence-electron chi connectivity index (χ1n) is 5.02. The Bertz CT molecular complexity index is 213. The van der Waals surface area contributed by atoms with Gasteiger partial charge in [-0.3, -0.25) is 0 Å². The zero-order valence-electron chi connectivity index (χ0n) is 8.21. The maximum absolute atomic E-state index is 2.37. The number of unbranched alkanes of at least 4 members (excludes halogenated alkanes) is 2. The highest BCUT2D eigenvalue weighted by Gasteiger charge is 1.96. The van der Waals surface area contributed by atoms with Crippen molar-refractivity contribution in [3.63, 3.8) is 0 Å². The summed E-state index contributed by atoms with van der Waals surface area (Å²) in [7, 11) is 0. The van der Waals surface area contributed by atoms with E-state index in [0.29, 0.717) is 0 Å². The fraction of sp³-hybridized carbons (Fsp3) is 0.636. The summed E-state index contributed by atoms with van der Waals surface area (Å²) in [5.74, 6) is 0. The molecule has 0 unspecified atom stereocenters. The molecule has 0 aliphatic carbocycles. The van der Waals surface area contributed by atoms with Crippen LogP contribution in [0.2, 0.25) is 0 Å². The number of aryl methyl sites for hydroxylation is 2. The average molecular weight is 165 g/mol. The van der Waals surface area contributed by atoms with Crippen LogP contribution in [0.15, 0.2) is 18.3 Å². The van der Waals surface area contributed by atoms with Crippen molar-refractivity contribution in [3.8, 4) is 0 Å². The second-order valence-corrected chi connectivity index (χ2v) is 3.25. The molecule has 0 saturated carbocycles. The number of hydrogen-bond donors (Lipinski definition) is 0. The maximum atomic E-state index is 2.37. The molecule has 0 radical (unpaired) electrons. The number of hydrogen-bond acceptors (Lipinski definition) is 0. The quantitative estimate of drug-likeness (QED) is 0.590. The van der Waals surface area contributed by atoms with Gasteiger partial charge in [0.05, 0.1) is 0 Å². The summed E-state index contributed by atoms with van der Waals surface area (Å²) >= 11 is 0. The van der Waals surface area contributed by atoms with Gasteiger partial charge in [-0.1, -0.05) is 26.7 Å². The lowest BCUT2D eigenvalue weighted by Crippen LogP contribution is -2.00. The molecule has 68 valence electrons. The summed E-state index contributed by atoms with van der Waals surface area (Å²) in [6.07, 6.45) is 7.32. The van der Waals surface area contributed by atoms with E-state index < -0.39 is 0 Å². The van der Waals surface area contributed by atoms with E-state index >= 15 is 0 Å². The summed E-state index contributed by atoms with van der Waals surface area (Å²) in [4.78, 5) is 0. The highest BCUT2D eigenvalue weighted by Crippen LogP contribution is 2.05. The van der Waals surface area contributed by atoms with Crippen LogP contribution in [0.5, 0.6) is 0 Å². The summed E-state index contributed by atoms with van der Waals surface area (Å²) in [6.45, 7) is 5.66. The Labute approximate surface area is 75.4 Å². The number of aromatic nitrogens is 1. The van der Waals surface area contributed by atoms with Gasteiger partial charge < -0.3 is 4.57 Å². The lowest BCUT2D eigenvalue weighted by molar-refractivity contribution is 0.588. The molecule has 0 aliphatic heterocycles. The fourth-order valence-corrected chi connectivity index (χ4v) is 1.52. The normalized spacial score (nSPS) is 10.5. The van der Waals surface area contributed by atoms with Crippen molar-refractivity contribution in [1.82, 2.24) is 4.57 Å². The summed E-state index contributed by atoms with van der Waals surface area (Å²) < 4.78 is 2.37. The van der Waals surface area contributed by atoms with E-state index in [0.717, 1.165) is 6.42 Å². The molecule has 1 heteroatoms. The Morgan fingerprint density at radius 1 is 1.25 bits per heavy atom. The van der Waals surface area contributed by atoms with Crippen molar-refractivity contribution in [3.05, 3.63) is 24.0 Å². The molecular weight excluding hydrogens is 146 g/mol. The van der Waals surface area contributed by atoms with Crippen LogP contribution in [0.25, 0.3) is 0 Å². The minimum Gasteiger partial charge on any atom is -0.351 e. The monoisotopic (exact) mass is 165 g/mol. The largest absolute Gasteiger partial charge is 0.351 e. The third kappa shape index (κ3) is 2.40. The Kier molecular flexibility index (Phi) is 3.92. The highest BCUT2D eigenvalue weighted by molar-refractivity contribution is 5.06. The van der Waals surface area contributed by atoms with Crippen molar-refractivity contribution in [1.29, 1.82) is 0 Å². The second kappa shape index (κ2) is 5.02. The minimum absolute atomic E-state index is 1.15. The van der Waals surface area contributed by atoms with Gasteiger partial charge in [-0.05, 0) is 25.0 Å². The van der Waals surface area contributed by atoms with E-state index in [4.69, 9.17) is 0 Å². The Morgan fingerprint density at radius 2 is 2.08 bits per heavy atom. The zero-order valence-corrected chi connectivity index (χ0v) is 8.21. The van der Waals surface area contributed by atoms with Crippen molar-refractivity contribution in [2.45, 2.75) is 46.1 Å². The van der Waals surface area contributed by atoms with E-state index in [9.17, 15) is 0 Å². The molecule has 0 N–H and O–H groups in total. The van der Waals surface area contributed by atoms with Crippen LogP contribution < -0.4 is 0 Å². The molecule has 1 aromatic rings. The molecule has 0 amide bonds. The van der Waals surface area contributed by atoms with Gasteiger partial charge in [0.15, 0.2) is 0 Å². The van der Waals surface area contributed by atoms with Crippen molar-refractivity contribution in [2.75, 3.05) is 0 Å². The fourth-order valence-electron chi connectivity index (χ4n) is 1.52. The summed E-state index contributed by atoms with van der Waals surface area (Å²) in [6, 6.07) is 4.36. The van der Waals surface area contributed by atoms with E-state index in [2.05, 4.69) is 36.7 Å². The first-order chi connectivity index (χ1) is 5.88. The lowest BCUT2D eigenvalue weighted by atomic mass is 10.2. The zero-order chi connectivity index (χ0) is 8.81. The minimum atomic E-state index is 1.15. The molecule has 1 heterocycles. The van der Waals surface area contributed by atoms with E-state index in [1.165, 1.54) is 31.5 Å². The maximum Gasteiger partial charge on any atom is 0.0222 e. The Hall–Kier alpha value is -0.720. The third-order valence-electron chi connectivity index (χ3n) is 2.29. The van der Waals surface area contributed by atoms with Gasteiger partial charge in [-0.25, -0.2) is 0 Å². The van der Waals surface area contributed by atoms with Crippen molar-refractivity contribution < 1.29 is 0 Å². The van der Waals surface area contributed by atoms with Gasteiger partial charge in [0.2, 0.25) is 0 Å². The van der Waals surface area contributed by atoms with Crippen molar-refractivity contribution in [2.24, 2.45) is 0 Å². The van der Waals surface area contributed by atoms with Crippen LogP contribution in [-0.2, 0) is 13.0 Å². The highest BCUT2D eigenvalue weighted by atomic mass is 15.0. The lowest BCUT2D eigenvalue weighted by Gasteiger charge is -2.06. The second-order valence-electron chi connectivity index (χ2n) is 3.25. The molecule has 0 aromatic carbocycles. The average Bonchev–Trinajstić information content (AvgIpc) is 2.52. The molecule has 0 spiro atoms. The molecular formula is C11H19N. The molecule has 0 saturated heterocycles. The van der Waals surface area contributed by atoms with Crippen LogP contribution in [0.3, 0.4) is 0 Å². The number of nitrogens with zero attached hydrogens (tertiary/aromatic N) is 1. The first kappa shape index (κ1) is 9.37. The molecule has 0 atom stereocenters. The van der Waals surface area contributed by atoms with Gasteiger partial charge in [0.1, 0.15) is 0 Å². The van der Waals surface area contributed by atoms with Crippen LogP contribution in [0.4, 0.5) is 0 Å². The van der Waals surface area contributed by atoms with Crippen LogP contribution in [0, 0.1) is 0 Å². The third-order valence-corrected chi connectivity index (χ3v) is 2.29. The molecule has 0 bridgehead atoms. The Balaban J connectivity index is 2.39. The van der Waals surface area contributed by atoms with Gasteiger partial charge in [-0.15, -0.1) is 0 Å². The summed E-state index contributed by atoms with van der Waals surface area (Å²) in [5, 5.41) is 0. The smallest absolute Gasteiger partial charge is 0.0222 e. The number of rotatable bonds is 5. The topological polar surface area (TPSA) is 4.93 Å². The van der Waals surface area contributed by atoms with Crippen LogP contribution in [-0.4, -0.2) is 4.57 Å². The van der Waals surface area contributed by atoms with E-state index in [1.807, 2.05) is 0 Å². The van der Waals surface area contributed by atoms with Crippen LogP contribution >= 0.6 is 0 Å². The molecule has 1 rings (SSSR count). The molecule has 1 aromatic heterocycles. The predicted octanol–water partition coefficient (Wildman–Crippen LogP) is 3.24.